The Balaban J connectivity index is 1.49. The van der Waals surface area contributed by atoms with Gasteiger partial charge in [-0.25, -0.2) is 0 Å². The summed E-state index contributed by atoms with van der Waals surface area (Å²) in [5.41, 5.74) is 2.32. The molecule has 2 heterocycles. The molecule has 1 amide bonds. The van der Waals surface area contributed by atoms with Gasteiger partial charge in [0.25, 0.3) is 0 Å². The number of methoxy groups -OCH3 is 1. The minimum Gasteiger partial charge on any atom is -0.469 e. The lowest BCUT2D eigenvalue weighted by molar-refractivity contribution is -0.156. The zero-order chi connectivity index (χ0) is 19.7. The summed E-state index contributed by atoms with van der Waals surface area (Å²) in [5.74, 6) is 0.478. The third-order valence-corrected chi connectivity index (χ3v) is 6.84. The first-order valence-corrected chi connectivity index (χ1v) is 10.5. The van der Waals surface area contributed by atoms with Crippen molar-refractivity contribution in [3.8, 4) is 0 Å². The van der Waals surface area contributed by atoms with E-state index in [2.05, 4.69) is 28.9 Å². The first-order valence-electron chi connectivity index (χ1n) is 10.5. The molecular formula is C23H30N2O3. The number of carbonyl (C=O) groups is 2. The van der Waals surface area contributed by atoms with Crippen molar-refractivity contribution in [2.75, 3.05) is 13.7 Å². The van der Waals surface area contributed by atoms with E-state index in [0.717, 1.165) is 37.6 Å². The van der Waals surface area contributed by atoms with Crippen LogP contribution in [0.15, 0.2) is 30.5 Å². The van der Waals surface area contributed by atoms with Crippen LogP contribution in [-0.4, -0.2) is 41.5 Å². The highest BCUT2D eigenvalue weighted by Gasteiger charge is 2.44. The zero-order valence-electron chi connectivity index (χ0n) is 16.8. The molecule has 2 aromatic rings. The molecule has 4 atom stereocenters. The molecule has 1 saturated heterocycles. The van der Waals surface area contributed by atoms with Gasteiger partial charge in [0.2, 0.25) is 5.91 Å². The number of hydrogen-bond donors (Lipinski definition) is 1. The summed E-state index contributed by atoms with van der Waals surface area (Å²) in [6.07, 6.45) is 7.57. The Labute approximate surface area is 166 Å². The average molecular weight is 383 g/mol. The topological polar surface area (TPSA) is 62.4 Å². The van der Waals surface area contributed by atoms with Crippen LogP contribution in [0, 0.1) is 11.8 Å². The zero-order valence-corrected chi connectivity index (χ0v) is 16.8. The van der Waals surface area contributed by atoms with Crippen molar-refractivity contribution in [1.29, 1.82) is 0 Å². The van der Waals surface area contributed by atoms with E-state index in [0.29, 0.717) is 13.0 Å². The summed E-state index contributed by atoms with van der Waals surface area (Å²) in [6.45, 7) is 2.80. The molecule has 5 nitrogen and oxygen atoms in total. The van der Waals surface area contributed by atoms with Crippen molar-refractivity contribution in [2.45, 2.75) is 57.4 Å². The lowest BCUT2D eigenvalue weighted by atomic mass is 9.71. The molecule has 1 aromatic carbocycles. The predicted octanol–water partition coefficient (Wildman–Crippen LogP) is 4.24. The lowest BCUT2D eigenvalue weighted by Gasteiger charge is -2.47. The van der Waals surface area contributed by atoms with Crippen LogP contribution < -0.4 is 0 Å². The largest absolute Gasteiger partial charge is 0.469 e. The van der Waals surface area contributed by atoms with E-state index >= 15 is 0 Å². The lowest BCUT2D eigenvalue weighted by Crippen LogP contribution is -2.54. The van der Waals surface area contributed by atoms with Crippen molar-refractivity contribution in [3.05, 3.63) is 36.0 Å². The van der Waals surface area contributed by atoms with E-state index in [-0.39, 0.29) is 35.7 Å². The van der Waals surface area contributed by atoms with E-state index < -0.39 is 0 Å². The summed E-state index contributed by atoms with van der Waals surface area (Å²) >= 11 is 0. The van der Waals surface area contributed by atoms with Crippen LogP contribution in [0.3, 0.4) is 0 Å². The number of benzene rings is 1. The van der Waals surface area contributed by atoms with Crippen molar-refractivity contribution in [3.63, 3.8) is 0 Å². The quantitative estimate of drug-likeness (QED) is 0.805. The minimum absolute atomic E-state index is 0.0506. The third kappa shape index (κ3) is 3.43. The number of nitrogens with one attached hydrogen (secondary N) is 1. The third-order valence-electron chi connectivity index (χ3n) is 6.84. The number of aromatic nitrogens is 1. The molecule has 4 unspecified atom stereocenters. The maximum Gasteiger partial charge on any atom is 0.309 e. The van der Waals surface area contributed by atoms with Crippen LogP contribution in [0.1, 0.15) is 56.9 Å². The number of carbonyl (C=O) groups excluding carboxylic acids is 2. The first kappa shape index (κ1) is 19.0. The Hall–Kier alpha value is -2.30. The van der Waals surface area contributed by atoms with Gasteiger partial charge >= 0.3 is 5.97 Å². The fourth-order valence-corrected chi connectivity index (χ4v) is 5.40. The molecule has 2 fully saturated rings. The van der Waals surface area contributed by atoms with Gasteiger partial charge in [-0.1, -0.05) is 38.0 Å². The number of esters is 1. The SMILES string of the molecule is COC(=O)C1CCN(C(=O)CC(C)c2c[nH]c3ccccc23)C2CCCCC12. The van der Waals surface area contributed by atoms with Crippen molar-refractivity contribution in [1.82, 2.24) is 9.88 Å². The maximum atomic E-state index is 13.2. The van der Waals surface area contributed by atoms with Gasteiger partial charge in [0, 0.05) is 36.1 Å². The summed E-state index contributed by atoms with van der Waals surface area (Å²) in [7, 11) is 1.47. The standard InChI is InChI=1S/C23H30N2O3/c1-15(19-14-24-20-9-5-3-7-16(19)20)13-22(26)25-12-11-18(23(27)28-2)17-8-4-6-10-21(17)25/h3,5,7,9,14-15,17-18,21,24H,4,6,8,10-13H2,1-2H3. The van der Waals surface area contributed by atoms with Gasteiger partial charge in [-0.2, -0.15) is 0 Å². The number of piperidine rings is 1. The minimum atomic E-state index is -0.101. The van der Waals surface area contributed by atoms with Gasteiger partial charge in [0.15, 0.2) is 0 Å². The first-order chi connectivity index (χ1) is 13.6. The Bertz CT molecular complexity index is 858. The van der Waals surface area contributed by atoms with Gasteiger partial charge in [0.1, 0.15) is 0 Å². The second kappa shape index (κ2) is 7.98. The molecule has 1 aliphatic heterocycles. The molecule has 28 heavy (non-hydrogen) atoms. The molecule has 5 heteroatoms. The highest BCUT2D eigenvalue weighted by molar-refractivity contribution is 5.85. The molecule has 0 spiro atoms. The number of hydrogen-bond acceptors (Lipinski definition) is 3. The molecular weight excluding hydrogens is 352 g/mol. The maximum absolute atomic E-state index is 13.2. The molecule has 2 aliphatic rings. The number of amides is 1. The van der Waals surface area contributed by atoms with Gasteiger partial charge < -0.3 is 14.6 Å². The van der Waals surface area contributed by atoms with Crippen molar-refractivity contribution >= 4 is 22.8 Å². The van der Waals surface area contributed by atoms with Gasteiger partial charge in [-0.3, -0.25) is 9.59 Å². The number of fused-ring (bicyclic) bond motifs is 2. The van der Waals surface area contributed by atoms with Gasteiger partial charge in [0.05, 0.1) is 13.0 Å². The Morgan fingerprint density at radius 3 is 2.82 bits per heavy atom. The molecule has 1 N–H and O–H groups in total. The van der Waals surface area contributed by atoms with E-state index in [1.54, 1.807) is 0 Å². The van der Waals surface area contributed by atoms with Crippen LogP contribution in [-0.2, 0) is 14.3 Å². The van der Waals surface area contributed by atoms with Crippen molar-refractivity contribution in [2.24, 2.45) is 11.8 Å². The highest BCUT2D eigenvalue weighted by atomic mass is 16.5. The van der Waals surface area contributed by atoms with E-state index in [1.807, 2.05) is 18.3 Å². The van der Waals surface area contributed by atoms with Crippen molar-refractivity contribution < 1.29 is 14.3 Å². The molecule has 150 valence electrons. The van der Waals surface area contributed by atoms with Crippen LogP contribution in [0.2, 0.25) is 0 Å². The Morgan fingerprint density at radius 1 is 1.21 bits per heavy atom. The molecule has 0 radical (unpaired) electrons. The average Bonchev–Trinajstić information content (AvgIpc) is 3.16. The smallest absolute Gasteiger partial charge is 0.309 e. The number of nitrogens with zero attached hydrogens (tertiary/aromatic N) is 1. The number of rotatable bonds is 4. The fraction of sp³-hybridized carbons (Fsp3) is 0.565. The summed E-state index contributed by atoms with van der Waals surface area (Å²) in [5, 5.41) is 1.20. The number of para-hydroxylation sites is 1. The van der Waals surface area contributed by atoms with Gasteiger partial charge in [-0.05, 0) is 42.7 Å². The summed E-state index contributed by atoms with van der Waals surface area (Å²) in [4.78, 5) is 30.9. The normalized spacial score (nSPS) is 25.9. The number of H-pyrrole nitrogens is 1. The van der Waals surface area contributed by atoms with E-state index in [4.69, 9.17) is 4.74 Å². The van der Waals surface area contributed by atoms with E-state index in [9.17, 15) is 9.59 Å². The molecule has 1 saturated carbocycles. The second-order valence-electron chi connectivity index (χ2n) is 8.42. The van der Waals surface area contributed by atoms with E-state index in [1.165, 1.54) is 18.1 Å². The predicted molar refractivity (Wildman–Crippen MR) is 109 cm³/mol. The van der Waals surface area contributed by atoms with Gasteiger partial charge in [-0.15, -0.1) is 0 Å². The molecule has 1 aromatic heterocycles. The second-order valence-corrected chi connectivity index (χ2v) is 8.42. The Kier molecular flexibility index (Phi) is 5.42. The molecule has 0 bridgehead atoms. The monoisotopic (exact) mass is 382 g/mol. The molecule has 1 aliphatic carbocycles. The van der Waals surface area contributed by atoms with Crippen LogP contribution >= 0.6 is 0 Å². The molecule has 4 rings (SSSR count). The van der Waals surface area contributed by atoms with Crippen LogP contribution in [0.4, 0.5) is 0 Å². The highest BCUT2D eigenvalue weighted by Crippen LogP contribution is 2.40. The summed E-state index contributed by atoms with van der Waals surface area (Å²) < 4.78 is 5.04. The van der Waals surface area contributed by atoms with Crippen LogP contribution in [0.25, 0.3) is 10.9 Å². The van der Waals surface area contributed by atoms with Crippen LogP contribution in [0.5, 0.6) is 0 Å². The fourth-order valence-electron chi connectivity index (χ4n) is 5.40. The Morgan fingerprint density at radius 2 is 2.00 bits per heavy atom. The summed E-state index contributed by atoms with van der Waals surface area (Å²) in [6, 6.07) is 8.43. The number of aromatic amines is 1. The number of likely N-dealkylation sites (tertiary alicyclic amines) is 1. The number of ether oxygens (including phenoxy) is 1.